The second-order valence-electron chi connectivity index (χ2n) is 12.3. The third kappa shape index (κ3) is 4.82. The summed E-state index contributed by atoms with van der Waals surface area (Å²) in [6.45, 7) is 0. The van der Waals surface area contributed by atoms with Crippen LogP contribution in [0.2, 0.25) is 0 Å². The summed E-state index contributed by atoms with van der Waals surface area (Å²) in [4.78, 5) is 9.60. The van der Waals surface area contributed by atoms with Gasteiger partial charge in [0.15, 0.2) is 0 Å². The van der Waals surface area contributed by atoms with Gasteiger partial charge in [0.1, 0.15) is 5.82 Å². The first-order valence-electron chi connectivity index (χ1n) is 21.5. The smallest absolute Gasteiger partial charge is 0.138 e. The van der Waals surface area contributed by atoms with Crippen molar-refractivity contribution in [3.05, 3.63) is 188 Å². The maximum absolute atomic E-state index is 8.89. The summed E-state index contributed by atoms with van der Waals surface area (Å²) in [6.07, 6.45) is 3.46. The third-order valence-corrected chi connectivity index (χ3v) is 9.45. The van der Waals surface area contributed by atoms with Crippen LogP contribution in [0.1, 0.15) is 13.7 Å². The van der Waals surface area contributed by atoms with Crippen molar-refractivity contribution in [2.24, 2.45) is 0 Å². The highest BCUT2D eigenvalue weighted by Crippen LogP contribution is 2.44. The van der Waals surface area contributed by atoms with Crippen molar-refractivity contribution in [2.75, 3.05) is 0 Å². The highest BCUT2D eigenvalue weighted by atomic mass is 15.1. The van der Waals surface area contributed by atoms with Gasteiger partial charge in [-0.05, 0) is 91.3 Å². The van der Waals surface area contributed by atoms with Crippen molar-refractivity contribution in [1.29, 1.82) is 0 Å². The fourth-order valence-corrected chi connectivity index (χ4v) is 7.29. The molecule has 0 aliphatic heterocycles. The number of benzene rings is 7. The van der Waals surface area contributed by atoms with Gasteiger partial charge in [0.25, 0.3) is 0 Å². The number of nitrogens with zero attached hydrogens (tertiary/aromatic N) is 3. The summed E-state index contributed by atoms with van der Waals surface area (Å²) in [6, 6.07) is 33.4. The Morgan fingerprint density at radius 1 is 0.431 bits per heavy atom. The van der Waals surface area contributed by atoms with E-state index >= 15 is 0 Å². The fraction of sp³-hybridized carbons (Fsp3) is 0. The molecule has 0 bridgehead atoms. The van der Waals surface area contributed by atoms with E-state index in [2.05, 4.69) is 11.1 Å². The average molecular weight is 660 g/mol. The number of aromatic nitrogens is 3. The standard InChI is InChI=1S/C48H31N3/c1-3-13-32(14-4-1)34-25-26-44-41(30-34)42-31-49-28-27-45(42)51(44)46-24-12-23-43(50-46)35-17-11-18-36(29-35)48-39-21-9-7-19-37(39)47(33-15-5-2-6-16-33)38-20-8-10-22-40(38)48/h1-31H/i1D,2D,3D,4D,5D,6D,13D,14D,15D,16D. The van der Waals surface area contributed by atoms with Crippen LogP contribution in [0, 0.1) is 0 Å². The summed E-state index contributed by atoms with van der Waals surface area (Å²) in [5.41, 5.74) is 6.41. The largest absolute Gasteiger partial charge is 0.294 e. The van der Waals surface area contributed by atoms with Crippen LogP contribution < -0.4 is 0 Å². The molecule has 0 amide bonds. The van der Waals surface area contributed by atoms with Crippen LogP contribution >= 0.6 is 0 Å². The van der Waals surface area contributed by atoms with Crippen molar-refractivity contribution in [3.8, 4) is 50.5 Å². The minimum Gasteiger partial charge on any atom is -0.294 e. The molecule has 0 saturated heterocycles. The van der Waals surface area contributed by atoms with E-state index in [1.54, 1.807) is 18.5 Å². The number of rotatable bonds is 5. The third-order valence-electron chi connectivity index (χ3n) is 9.45. The Morgan fingerprint density at radius 3 is 1.75 bits per heavy atom. The zero-order valence-electron chi connectivity index (χ0n) is 37.0. The molecule has 0 aliphatic rings. The molecule has 0 saturated carbocycles. The van der Waals surface area contributed by atoms with E-state index in [-0.39, 0.29) is 47.4 Å². The Balaban J connectivity index is 1.14. The van der Waals surface area contributed by atoms with E-state index < -0.39 is 24.2 Å². The first-order valence-corrected chi connectivity index (χ1v) is 16.5. The predicted molar refractivity (Wildman–Crippen MR) is 213 cm³/mol. The van der Waals surface area contributed by atoms with E-state index in [1.807, 2.05) is 108 Å². The molecule has 10 aromatic rings. The minimum absolute atomic E-state index is 0.127. The summed E-state index contributed by atoms with van der Waals surface area (Å²) in [5, 5.41) is 4.85. The number of hydrogen-bond donors (Lipinski definition) is 0. The lowest BCUT2D eigenvalue weighted by molar-refractivity contribution is 1.08. The van der Waals surface area contributed by atoms with Crippen molar-refractivity contribution >= 4 is 43.4 Å². The molecule has 10 rings (SSSR count). The van der Waals surface area contributed by atoms with Crippen molar-refractivity contribution < 1.29 is 13.7 Å². The van der Waals surface area contributed by atoms with E-state index in [4.69, 9.17) is 18.7 Å². The van der Waals surface area contributed by atoms with Crippen LogP contribution in [0.3, 0.4) is 0 Å². The van der Waals surface area contributed by atoms with Crippen LogP contribution in [0.4, 0.5) is 0 Å². The zero-order valence-corrected chi connectivity index (χ0v) is 27.0. The van der Waals surface area contributed by atoms with Gasteiger partial charge in [-0.25, -0.2) is 4.98 Å². The molecule has 7 aromatic carbocycles. The molecule has 3 nitrogen and oxygen atoms in total. The summed E-state index contributed by atoms with van der Waals surface area (Å²) < 4.78 is 86.6. The van der Waals surface area contributed by atoms with Crippen molar-refractivity contribution in [2.45, 2.75) is 0 Å². The number of hydrogen-bond acceptors (Lipinski definition) is 2. The normalized spacial score (nSPS) is 14.3. The summed E-state index contributed by atoms with van der Waals surface area (Å²) in [5.74, 6) is 0.642. The molecule has 0 aliphatic carbocycles. The van der Waals surface area contributed by atoms with Crippen LogP contribution in [0.5, 0.6) is 0 Å². The zero-order chi connectivity index (χ0) is 42.4. The van der Waals surface area contributed by atoms with E-state index in [0.717, 1.165) is 60.0 Å². The lowest BCUT2D eigenvalue weighted by atomic mass is 9.85. The SMILES string of the molecule is [2H]c1c([2H])c([2H])c(-c2ccc3c(c2)c2cnccc2n3-c2cccc(-c3cccc(-c4c5ccccc5c(-c5c([2H])c([2H])c([2H])c([2H])c5[2H])c5ccccc45)c3)n2)c([2H])c1[2H]. The minimum atomic E-state index is -0.441. The monoisotopic (exact) mass is 659 g/mol. The molecular weight excluding hydrogens is 619 g/mol. The Hall–Kier alpha value is -6.84. The predicted octanol–water partition coefficient (Wildman–Crippen LogP) is 12.5. The van der Waals surface area contributed by atoms with Gasteiger partial charge in [-0.2, -0.15) is 0 Å². The molecule has 3 heterocycles. The number of fused-ring (bicyclic) bond motifs is 5. The van der Waals surface area contributed by atoms with Gasteiger partial charge < -0.3 is 0 Å². The van der Waals surface area contributed by atoms with Gasteiger partial charge in [0.05, 0.1) is 30.4 Å². The van der Waals surface area contributed by atoms with Gasteiger partial charge >= 0.3 is 0 Å². The van der Waals surface area contributed by atoms with Crippen LogP contribution in [0.15, 0.2) is 188 Å². The molecule has 0 spiro atoms. The first kappa shape index (κ1) is 20.6. The number of pyridine rings is 2. The van der Waals surface area contributed by atoms with E-state index in [0.29, 0.717) is 22.6 Å². The Bertz CT molecular complexity index is 3390. The lowest BCUT2D eigenvalue weighted by Gasteiger charge is -2.18. The molecule has 0 unspecified atom stereocenters. The Morgan fingerprint density at radius 2 is 1.04 bits per heavy atom. The van der Waals surface area contributed by atoms with Crippen LogP contribution in [0.25, 0.3) is 93.8 Å². The second-order valence-corrected chi connectivity index (χ2v) is 12.3. The molecule has 0 radical (unpaired) electrons. The molecular formula is C48H31N3. The van der Waals surface area contributed by atoms with E-state index in [9.17, 15) is 0 Å². The lowest BCUT2D eigenvalue weighted by Crippen LogP contribution is -1.98. The topological polar surface area (TPSA) is 30.7 Å². The van der Waals surface area contributed by atoms with Gasteiger partial charge in [-0.3, -0.25) is 9.55 Å². The first-order chi connectivity index (χ1) is 29.5. The highest BCUT2D eigenvalue weighted by molar-refractivity contribution is 6.21. The van der Waals surface area contributed by atoms with Crippen molar-refractivity contribution in [3.63, 3.8) is 0 Å². The maximum Gasteiger partial charge on any atom is 0.138 e. The summed E-state index contributed by atoms with van der Waals surface area (Å²) >= 11 is 0. The van der Waals surface area contributed by atoms with Gasteiger partial charge in [0, 0.05) is 28.7 Å². The molecule has 51 heavy (non-hydrogen) atoms. The highest BCUT2D eigenvalue weighted by Gasteiger charge is 2.18. The Kier molecular flexibility index (Phi) is 4.83. The van der Waals surface area contributed by atoms with Gasteiger partial charge in [-0.1, -0.05) is 139 Å². The molecule has 3 aromatic heterocycles. The van der Waals surface area contributed by atoms with Crippen LogP contribution in [-0.4, -0.2) is 14.5 Å². The maximum atomic E-state index is 8.89. The molecule has 238 valence electrons. The second kappa shape index (κ2) is 11.9. The average Bonchev–Trinajstić information content (AvgIpc) is 3.62. The van der Waals surface area contributed by atoms with Crippen LogP contribution in [-0.2, 0) is 0 Å². The Labute approximate surface area is 309 Å². The molecule has 0 fully saturated rings. The quantitative estimate of drug-likeness (QED) is 0.172. The van der Waals surface area contributed by atoms with Gasteiger partial charge in [-0.15, -0.1) is 0 Å². The van der Waals surface area contributed by atoms with E-state index in [1.165, 1.54) is 0 Å². The van der Waals surface area contributed by atoms with Crippen molar-refractivity contribution in [1.82, 2.24) is 14.5 Å². The molecule has 0 N–H and O–H groups in total. The molecule has 0 atom stereocenters. The summed E-state index contributed by atoms with van der Waals surface area (Å²) in [7, 11) is 0. The molecule has 3 heteroatoms. The van der Waals surface area contributed by atoms with Gasteiger partial charge in [0.2, 0.25) is 0 Å². The fourth-order valence-electron chi connectivity index (χ4n) is 7.29.